The first kappa shape index (κ1) is 15.3. The predicted octanol–water partition coefficient (Wildman–Crippen LogP) is 3.08. The first-order chi connectivity index (χ1) is 8.45. The first-order valence-corrected chi connectivity index (χ1v) is 6.65. The van der Waals surface area contributed by atoms with E-state index in [0.29, 0.717) is 23.0 Å². The van der Waals surface area contributed by atoms with Gasteiger partial charge in [-0.25, -0.2) is 0 Å². The molecule has 1 rings (SSSR count). The minimum Gasteiger partial charge on any atom is -0.340 e. The number of rotatable bonds is 5. The highest BCUT2D eigenvalue weighted by Crippen LogP contribution is 2.22. The lowest BCUT2D eigenvalue weighted by molar-refractivity contribution is -0.131. The van der Waals surface area contributed by atoms with E-state index in [1.807, 2.05) is 13.0 Å². The number of likely N-dealkylation sites (N-methyl/N-ethyl adjacent to an activating group) is 1. The van der Waals surface area contributed by atoms with Crippen LogP contribution in [0.15, 0.2) is 18.2 Å². The Morgan fingerprint density at radius 3 is 2.67 bits per heavy atom. The molecular weight excluding hydrogens is 271 g/mol. The van der Waals surface area contributed by atoms with Crippen LogP contribution in [0.5, 0.6) is 0 Å². The van der Waals surface area contributed by atoms with Gasteiger partial charge in [-0.3, -0.25) is 4.79 Å². The summed E-state index contributed by atoms with van der Waals surface area (Å²) >= 11 is 11.9. The van der Waals surface area contributed by atoms with Crippen molar-refractivity contribution in [2.75, 3.05) is 7.05 Å². The Balaban J connectivity index is 2.69. The quantitative estimate of drug-likeness (QED) is 0.905. The standard InChI is InChI=1S/C13H18Cl2N2O/c1-3-4-12(16)13(18)17(2)8-9-5-6-10(14)7-11(9)15/h5-7,12H,3-4,8,16H2,1-2H3. The third kappa shape index (κ3) is 4.16. The second-order valence-corrected chi connectivity index (χ2v) is 5.17. The summed E-state index contributed by atoms with van der Waals surface area (Å²) in [6.45, 7) is 2.44. The Morgan fingerprint density at radius 2 is 2.11 bits per heavy atom. The van der Waals surface area contributed by atoms with Crippen LogP contribution in [0.25, 0.3) is 0 Å². The number of carbonyl (C=O) groups is 1. The van der Waals surface area contributed by atoms with Crippen LogP contribution in [0.2, 0.25) is 10.0 Å². The highest BCUT2D eigenvalue weighted by Gasteiger charge is 2.17. The van der Waals surface area contributed by atoms with Crippen molar-refractivity contribution in [2.24, 2.45) is 5.73 Å². The molecule has 3 nitrogen and oxygen atoms in total. The van der Waals surface area contributed by atoms with Crippen LogP contribution in [0, 0.1) is 0 Å². The van der Waals surface area contributed by atoms with E-state index in [-0.39, 0.29) is 5.91 Å². The molecule has 0 aliphatic heterocycles. The number of benzene rings is 1. The van der Waals surface area contributed by atoms with E-state index >= 15 is 0 Å². The molecule has 0 fully saturated rings. The summed E-state index contributed by atoms with van der Waals surface area (Å²) in [5.74, 6) is -0.0668. The fraction of sp³-hybridized carbons (Fsp3) is 0.462. The van der Waals surface area contributed by atoms with Crippen LogP contribution < -0.4 is 5.73 Å². The molecule has 0 saturated carbocycles. The summed E-state index contributed by atoms with van der Waals surface area (Å²) in [4.78, 5) is 13.5. The van der Waals surface area contributed by atoms with Gasteiger partial charge in [-0.05, 0) is 24.1 Å². The first-order valence-electron chi connectivity index (χ1n) is 5.90. The van der Waals surface area contributed by atoms with Crippen LogP contribution in [0.3, 0.4) is 0 Å². The van der Waals surface area contributed by atoms with E-state index in [1.165, 1.54) is 0 Å². The van der Waals surface area contributed by atoms with Crippen LogP contribution in [0.1, 0.15) is 25.3 Å². The lowest BCUT2D eigenvalue weighted by Crippen LogP contribution is -2.41. The number of carbonyl (C=O) groups excluding carboxylic acids is 1. The van der Waals surface area contributed by atoms with Crippen LogP contribution in [0.4, 0.5) is 0 Å². The second kappa shape index (κ2) is 6.98. The van der Waals surface area contributed by atoms with Crippen molar-refractivity contribution in [1.82, 2.24) is 4.90 Å². The number of nitrogens with zero attached hydrogens (tertiary/aromatic N) is 1. The van der Waals surface area contributed by atoms with Crippen molar-refractivity contribution in [2.45, 2.75) is 32.4 Å². The van der Waals surface area contributed by atoms with Gasteiger partial charge in [0.25, 0.3) is 0 Å². The summed E-state index contributed by atoms with van der Waals surface area (Å²) in [5, 5.41) is 1.15. The summed E-state index contributed by atoms with van der Waals surface area (Å²) in [7, 11) is 1.72. The maximum Gasteiger partial charge on any atom is 0.239 e. The number of amides is 1. The molecule has 1 atom stereocenters. The van der Waals surface area contributed by atoms with Gasteiger partial charge in [0.2, 0.25) is 5.91 Å². The molecule has 1 amide bonds. The molecule has 0 radical (unpaired) electrons. The Bertz CT molecular complexity index is 423. The highest BCUT2D eigenvalue weighted by atomic mass is 35.5. The number of halogens is 2. The van der Waals surface area contributed by atoms with Gasteiger partial charge in [-0.15, -0.1) is 0 Å². The van der Waals surface area contributed by atoms with E-state index in [1.54, 1.807) is 24.1 Å². The highest BCUT2D eigenvalue weighted by molar-refractivity contribution is 6.35. The largest absolute Gasteiger partial charge is 0.340 e. The average Bonchev–Trinajstić information content (AvgIpc) is 2.32. The number of hydrogen-bond acceptors (Lipinski definition) is 2. The van der Waals surface area contributed by atoms with Gasteiger partial charge in [0.05, 0.1) is 6.04 Å². The van der Waals surface area contributed by atoms with Gasteiger partial charge in [0.1, 0.15) is 0 Å². The molecule has 0 aliphatic rings. The Hall–Kier alpha value is -0.770. The predicted molar refractivity (Wildman–Crippen MR) is 75.8 cm³/mol. The van der Waals surface area contributed by atoms with E-state index in [0.717, 1.165) is 12.0 Å². The number of hydrogen-bond donors (Lipinski definition) is 1. The molecule has 0 spiro atoms. The van der Waals surface area contributed by atoms with Crippen molar-refractivity contribution in [1.29, 1.82) is 0 Å². The Labute approximate surface area is 118 Å². The second-order valence-electron chi connectivity index (χ2n) is 4.33. The van der Waals surface area contributed by atoms with Crippen molar-refractivity contribution in [3.05, 3.63) is 33.8 Å². The summed E-state index contributed by atoms with van der Waals surface area (Å²) in [6.07, 6.45) is 1.58. The monoisotopic (exact) mass is 288 g/mol. The van der Waals surface area contributed by atoms with E-state index < -0.39 is 6.04 Å². The van der Waals surface area contributed by atoms with Gasteiger partial charge in [-0.2, -0.15) is 0 Å². The van der Waals surface area contributed by atoms with Gasteiger partial charge in [0.15, 0.2) is 0 Å². The van der Waals surface area contributed by atoms with Crippen molar-refractivity contribution < 1.29 is 4.79 Å². The molecule has 1 aromatic rings. The topological polar surface area (TPSA) is 46.3 Å². The molecule has 5 heteroatoms. The fourth-order valence-corrected chi connectivity index (χ4v) is 2.17. The fourth-order valence-electron chi connectivity index (χ4n) is 1.70. The Kier molecular flexibility index (Phi) is 5.93. The van der Waals surface area contributed by atoms with E-state index in [2.05, 4.69) is 0 Å². The smallest absolute Gasteiger partial charge is 0.239 e. The minimum atomic E-state index is -0.439. The maximum absolute atomic E-state index is 11.9. The van der Waals surface area contributed by atoms with Crippen LogP contribution in [-0.4, -0.2) is 23.9 Å². The molecule has 0 bridgehead atoms. The molecule has 0 saturated heterocycles. The Morgan fingerprint density at radius 1 is 1.44 bits per heavy atom. The average molecular weight is 289 g/mol. The van der Waals surface area contributed by atoms with Gasteiger partial charge < -0.3 is 10.6 Å². The van der Waals surface area contributed by atoms with Crippen LogP contribution in [-0.2, 0) is 11.3 Å². The maximum atomic E-state index is 11.9. The molecular formula is C13H18Cl2N2O. The zero-order valence-corrected chi connectivity index (χ0v) is 12.1. The lowest BCUT2D eigenvalue weighted by atomic mass is 10.1. The third-order valence-corrected chi connectivity index (χ3v) is 3.30. The van der Waals surface area contributed by atoms with Crippen molar-refractivity contribution in [3.8, 4) is 0 Å². The lowest BCUT2D eigenvalue weighted by Gasteiger charge is -2.21. The molecule has 100 valence electrons. The normalized spacial score (nSPS) is 12.3. The molecule has 2 N–H and O–H groups in total. The van der Waals surface area contributed by atoms with Crippen molar-refractivity contribution >= 4 is 29.1 Å². The zero-order valence-electron chi connectivity index (χ0n) is 10.6. The summed E-state index contributed by atoms with van der Waals surface area (Å²) in [5.41, 5.74) is 6.66. The zero-order chi connectivity index (χ0) is 13.7. The summed E-state index contributed by atoms with van der Waals surface area (Å²) < 4.78 is 0. The van der Waals surface area contributed by atoms with Gasteiger partial charge >= 0.3 is 0 Å². The van der Waals surface area contributed by atoms with Crippen LogP contribution >= 0.6 is 23.2 Å². The van der Waals surface area contributed by atoms with Gasteiger partial charge in [-0.1, -0.05) is 42.6 Å². The summed E-state index contributed by atoms with van der Waals surface area (Å²) in [6, 6.07) is 4.81. The third-order valence-electron chi connectivity index (χ3n) is 2.72. The molecule has 18 heavy (non-hydrogen) atoms. The van der Waals surface area contributed by atoms with Gasteiger partial charge in [0, 0.05) is 23.6 Å². The molecule has 1 unspecified atom stereocenters. The molecule has 1 aromatic carbocycles. The van der Waals surface area contributed by atoms with Crippen molar-refractivity contribution in [3.63, 3.8) is 0 Å². The molecule has 0 heterocycles. The number of nitrogens with two attached hydrogens (primary N) is 1. The van der Waals surface area contributed by atoms with E-state index in [4.69, 9.17) is 28.9 Å². The SMILES string of the molecule is CCCC(N)C(=O)N(C)Cc1ccc(Cl)cc1Cl. The molecule has 0 aliphatic carbocycles. The minimum absolute atomic E-state index is 0.0668. The van der Waals surface area contributed by atoms with E-state index in [9.17, 15) is 4.79 Å². The molecule has 0 aromatic heterocycles.